The van der Waals surface area contributed by atoms with Crippen molar-refractivity contribution in [2.75, 3.05) is 11.4 Å². The van der Waals surface area contributed by atoms with Crippen LogP contribution in [0, 0.1) is 6.92 Å². The van der Waals surface area contributed by atoms with Crippen molar-refractivity contribution in [1.82, 2.24) is 9.97 Å². The van der Waals surface area contributed by atoms with E-state index in [0.717, 1.165) is 18.2 Å². The van der Waals surface area contributed by atoms with Gasteiger partial charge in [-0.3, -0.25) is 0 Å². The van der Waals surface area contributed by atoms with Gasteiger partial charge in [-0.05, 0) is 13.0 Å². The van der Waals surface area contributed by atoms with Gasteiger partial charge in [0.25, 0.3) is 0 Å². The molecule has 0 saturated heterocycles. The smallest absolute Gasteiger partial charge is 0.207 e. The third-order valence-corrected chi connectivity index (χ3v) is 1.78. The van der Waals surface area contributed by atoms with Crippen molar-refractivity contribution < 1.29 is 0 Å². The first kappa shape index (κ1) is 7.16. The van der Waals surface area contributed by atoms with Gasteiger partial charge in [0.15, 0.2) is 0 Å². The second-order valence-corrected chi connectivity index (χ2v) is 2.81. The van der Waals surface area contributed by atoms with Crippen molar-refractivity contribution >= 4 is 5.95 Å². The zero-order valence-corrected chi connectivity index (χ0v) is 6.99. The highest BCUT2D eigenvalue weighted by molar-refractivity contribution is 5.39. The lowest BCUT2D eigenvalue weighted by atomic mass is 10.4. The van der Waals surface area contributed by atoms with Crippen molar-refractivity contribution in [1.29, 1.82) is 0 Å². The van der Waals surface area contributed by atoms with Gasteiger partial charge in [0, 0.05) is 24.6 Å². The fourth-order valence-electron chi connectivity index (χ4n) is 1.17. The van der Waals surface area contributed by atoms with E-state index in [1.54, 1.807) is 0 Å². The second-order valence-electron chi connectivity index (χ2n) is 2.81. The first-order chi connectivity index (χ1) is 5.86. The molecule has 0 fully saturated rings. The van der Waals surface area contributed by atoms with Crippen LogP contribution in [0.1, 0.15) is 5.69 Å². The summed E-state index contributed by atoms with van der Waals surface area (Å²) in [6.07, 6.45) is 9.98. The van der Waals surface area contributed by atoms with Gasteiger partial charge in [0.2, 0.25) is 5.95 Å². The summed E-state index contributed by atoms with van der Waals surface area (Å²) in [5, 5.41) is 0. The summed E-state index contributed by atoms with van der Waals surface area (Å²) in [6, 6.07) is 0. The monoisotopic (exact) mass is 161 g/mol. The van der Waals surface area contributed by atoms with Crippen molar-refractivity contribution in [2.45, 2.75) is 6.92 Å². The Labute approximate surface area is 71.4 Å². The standard InChI is InChI=1S/C9H11N3/c1-8-7-10-9(11-8)12-5-3-2-4-6-12/h2-5,7H,6H2,1H3,(H,10,11). The van der Waals surface area contributed by atoms with Crippen LogP contribution in [0.4, 0.5) is 5.95 Å². The lowest BCUT2D eigenvalue weighted by molar-refractivity contribution is 1.000. The number of aryl methyl sites for hydroxylation is 1. The Morgan fingerprint density at radius 1 is 1.50 bits per heavy atom. The highest BCUT2D eigenvalue weighted by Crippen LogP contribution is 2.10. The fraction of sp³-hybridized carbons (Fsp3) is 0.222. The van der Waals surface area contributed by atoms with Gasteiger partial charge in [0.1, 0.15) is 0 Å². The third kappa shape index (κ3) is 1.25. The molecular weight excluding hydrogens is 150 g/mol. The molecule has 0 spiro atoms. The average molecular weight is 161 g/mol. The van der Waals surface area contributed by atoms with Crippen LogP contribution in [-0.2, 0) is 0 Å². The van der Waals surface area contributed by atoms with Crippen molar-refractivity contribution in [3.63, 3.8) is 0 Å². The molecule has 2 rings (SSSR count). The molecule has 1 aliphatic heterocycles. The predicted molar refractivity (Wildman–Crippen MR) is 49.0 cm³/mol. The van der Waals surface area contributed by atoms with Gasteiger partial charge in [-0.15, -0.1) is 0 Å². The minimum atomic E-state index is 0.892. The summed E-state index contributed by atoms with van der Waals surface area (Å²) >= 11 is 0. The summed E-state index contributed by atoms with van der Waals surface area (Å²) in [7, 11) is 0. The molecule has 3 heteroatoms. The van der Waals surface area contributed by atoms with Crippen LogP contribution >= 0.6 is 0 Å². The first-order valence-corrected chi connectivity index (χ1v) is 3.98. The SMILES string of the molecule is Cc1cnc(N2C=CC=CC2)[nH]1. The van der Waals surface area contributed by atoms with E-state index in [0.29, 0.717) is 0 Å². The summed E-state index contributed by atoms with van der Waals surface area (Å²) in [5.74, 6) is 0.910. The van der Waals surface area contributed by atoms with Gasteiger partial charge in [-0.2, -0.15) is 0 Å². The molecule has 0 radical (unpaired) electrons. The van der Waals surface area contributed by atoms with Gasteiger partial charge < -0.3 is 9.88 Å². The number of hydrogen-bond donors (Lipinski definition) is 1. The number of aromatic nitrogens is 2. The predicted octanol–water partition coefficient (Wildman–Crippen LogP) is 1.61. The molecular formula is C9H11N3. The minimum Gasteiger partial charge on any atom is -0.328 e. The number of imidazole rings is 1. The second kappa shape index (κ2) is 2.85. The molecule has 1 aromatic heterocycles. The molecule has 62 valence electrons. The first-order valence-electron chi connectivity index (χ1n) is 3.98. The molecule has 1 aromatic rings. The maximum atomic E-state index is 4.22. The molecule has 1 aliphatic rings. The number of rotatable bonds is 1. The Bertz CT molecular complexity index is 322. The molecule has 3 nitrogen and oxygen atoms in total. The molecule has 0 bridgehead atoms. The number of hydrogen-bond acceptors (Lipinski definition) is 2. The van der Waals surface area contributed by atoms with Crippen LogP contribution < -0.4 is 4.90 Å². The van der Waals surface area contributed by atoms with Crippen molar-refractivity contribution in [3.8, 4) is 0 Å². The van der Waals surface area contributed by atoms with E-state index < -0.39 is 0 Å². The topological polar surface area (TPSA) is 31.9 Å². The van der Waals surface area contributed by atoms with E-state index in [1.165, 1.54) is 0 Å². The zero-order valence-electron chi connectivity index (χ0n) is 6.99. The summed E-state index contributed by atoms with van der Waals surface area (Å²) in [5.41, 5.74) is 1.09. The maximum absolute atomic E-state index is 4.22. The quantitative estimate of drug-likeness (QED) is 0.678. The number of aromatic amines is 1. The summed E-state index contributed by atoms with van der Waals surface area (Å²) in [6.45, 7) is 2.89. The highest BCUT2D eigenvalue weighted by Gasteiger charge is 2.05. The van der Waals surface area contributed by atoms with E-state index in [4.69, 9.17) is 0 Å². The van der Waals surface area contributed by atoms with E-state index in [-0.39, 0.29) is 0 Å². The van der Waals surface area contributed by atoms with Gasteiger partial charge >= 0.3 is 0 Å². The molecule has 0 aromatic carbocycles. The number of nitrogens with zero attached hydrogens (tertiary/aromatic N) is 2. The number of nitrogens with one attached hydrogen (secondary N) is 1. The van der Waals surface area contributed by atoms with Crippen molar-refractivity contribution in [2.24, 2.45) is 0 Å². The Morgan fingerprint density at radius 3 is 3.00 bits per heavy atom. The molecule has 0 saturated carbocycles. The lowest BCUT2D eigenvalue weighted by Crippen LogP contribution is -2.18. The fourth-order valence-corrected chi connectivity index (χ4v) is 1.17. The summed E-state index contributed by atoms with van der Waals surface area (Å²) in [4.78, 5) is 9.46. The van der Waals surface area contributed by atoms with Crippen LogP contribution in [0.25, 0.3) is 0 Å². The van der Waals surface area contributed by atoms with Gasteiger partial charge in [-0.25, -0.2) is 4.98 Å². The lowest BCUT2D eigenvalue weighted by Gasteiger charge is -2.16. The van der Waals surface area contributed by atoms with Crippen LogP contribution in [0.5, 0.6) is 0 Å². The Morgan fingerprint density at radius 2 is 2.42 bits per heavy atom. The van der Waals surface area contributed by atoms with Crippen LogP contribution in [0.2, 0.25) is 0 Å². The van der Waals surface area contributed by atoms with Gasteiger partial charge in [-0.1, -0.05) is 12.2 Å². The largest absolute Gasteiger partial charge is 0.328 e. The summed E-state index contributed by atoms with van der Waals surface area (Å²) < 4.78 is 0. The molecule has 0 aliphatic carbocycles. The van der Waals surface area contributed by atoms with E-state index >= 15 is 0 Å². The molecule has 12 heavy (non-hydrogen) atoms. The van der Waals surface area contributed by atoms with Crippen LogP contribution in [0.3, 0.4) is 0 Å². The molecule has 2 heterocycles. The number of anilines is 1. The molecule has 0 atom stereocenters. The van der Waals surface area contributed by atoms with E-state index in [9.17, 15) is 0 Å². The van der Waals surface area contributed by atoms with Crippen LogP contribution in [-0.4, -0.2) is 16.5 Å². The maximum Gasteiger partial charge on any atom is 0.207 e. The number of H-pyrrole nitrogens is 1. The molecule has 0 amide bonds. The van der Waals surface area contributed by atoms with Crippen molar-refractivity contribution in [3.05, 3.63) is 36.3 Å². The molecule has 1 N–H and O–H groups in total. The average Bonchev–Trinajstić information content (AvgIpc) is 2.54. The Hall–Kier alpha value is -1.51. The van der Waals surface area contributed by atoms with E-state index in [1.807, 2.05) is 31.5 Å². The molecule has 0 unspecified atom stereocenters. The zero-order chi connectivity index (χ0) is 8.39. The van der Waals surface area contributed by atoms with E-state index in [2.05, 4.69) is 20.9 Å². The highest BCUT2D eigenvalue weighted by atomic mass is 15.2. The third-order valence-electron chi connectivity index (χ3n) is 1.78. The normalized spacial score (nSPS) is 15.6. The van der Waals surface area contributed by atoms with Gasteiger partial charge in [0.05, 0.1) is 0 Å². The Kier molecular flexibility index (Phi) is 1.70. The Balaban J connectivity index is 2.20. The van der Waals surface area contributed by atoms with Crippen LogP contribution in [0.15, 0.2) is 30.6 Å². The number of allylic oxidation sites excluding steroid dienone is 2. The minimum absolute atomic E-state index is 0.892.